The van der Waals surface area contributed by atoms with Gasteiger partial charge in [0.15, 0.2) is 0 Å². The average molecular weight is 758 g/mol. The highest BCUT2D eigenvalue weighted by Crippen LogP contribution is 2.45. The monoisotopic (exact) mass is 756 g/mol. The van der Waals surface area contributed by atoms with Crippen molar-refractivity contribution in [2.24, 2.45) is 12.5 Å². The van der Waals surface area contributed by atoms with Gasteiger partial charge in [-0.1, -0.05) is 18.2 Å². The summed E-state index contributed by atoms with van der Waals surface area (Å²) in [4.78, 5) is 83.9. The molecule has 1 aromatic heterocycles. The maximum absolute atomic E-state index is 13.5. The van der Waals surface area contributed by atoms with Crippen LogP contribution in [0.3, 0.4) is 0 Å². The molecule has 0 saturated carbocycles. The summed E-state index contributed by atoms with van der Waals surface area (Å²) in [6, 6.07) is 12.1. The first-order chi connectivity index (χ1) is 24.4. The van der Waals surface area contributed by atoms with Gasteiger partial charge < -0.3 is 20.0 Å². The molecule has 4 fully saturated rings. The third kappa shape index (κ3) is 5.72. The number of anilines is 2. The lowest BCUT2D eigenvalue weighted by Gasteiger charge is -2.61. The predicted octanol–water partition coefficient (Wildman–Crippen LogP) is 1.81. The van der Waals surface area contributed by atoms with Gasteiger partial charge in [0.1, 0.15) is 10.5 Å². The Hall–Kier alpha value is -4.89. The van der Waals surface area contributed by atoms with Crippen LogP contribution in [0.15, 0.2) is 57.9 Å². The number of nitrogens with one attached hydrogen (secondary N) is 2. The van der Waals surface area contributed by atoms with Crippen LogP contribution in [0.1, 0.15) is 61.8 Å². The molecule has 3 aromatic rings. The number of aromatic nitrogens is 2. The molecule has 2 N–H and O–H groups in total. The number of aryl methyl sites for hydroxylation is 1. The van der Waals surface area contributed by atoms with Gasteiger partial charge in [-0.25, -0.2) is 4.68 Å². The SMILES string of the molecule is CN1CC(Nc2cnn(C)c(=O)c2Br)CC(c2ccc(C(=O)N3CC4(C3)CN(c3cccc5c3C(=O)N(C3CCC(=O)NC3=O)C5=O)C4)cc2)C1. The molecular formula is C36H37BrN8O6. The van der Waals surface area contributed by atoms with Gasteiger partial charge in [-0.2, -0.15) is 5.10 Å². The van der Waals surface area contributed by atoms with E-state index in [1.165, 1.54) is 4.68 Å². The molecule has 4 saturated heterocycles. The predicted molar refractivity (Wildman–Crippen MR) is 190 cm³/mol. The van der Waals surface area contributed by atoms with E-state index in [9.17, 15) is 28.8 Å². The van der Waals surface area contributed by atoms with Gasteiger partial charge in [-0.05, 0) is 71.6 Å². The van der Waals surface area contributed by atoms with Crippen molar-refractivity contribution in [3.63, 3.8) is 0 Å². The molecule has 264 valence electrons. The Bertz CT molecular complexity index is 2050. The molecule has 0 aliphatic carbocycles. The van der Waals surface area contributed by atoms with Gasteiger partial charge in [-0.15, -0.1) is 0 Å². The minimum atomic E-state index is -1.01. The molecule has 51 heavy (non-hydrogen) atoms. The minimum absolute atomic E-state index is 0.0183. The zero-order chi connectivity index (χ0) is 35.8. The number of nitrogens with zero attached hydrogens (tertiary/aromatic N) is 6. The summed E-state index contributed by atoms with van der Waals surface area (Å²) in [5.74, 6) is -1.86. The first-order valence-electron chi connectivity index (χ1n) is 17.1. The highest BCUT2D eigenvalue weighted by atomic mass is 79.9. The van der Waals surface area contributed by atoms with E-state index >= 15 is 0 Å². The average Bonchev–Trinajstić information content (AvgIpc) is 3.33. The van der Waals surface area contributed by atoms with Crippen molar-refractivity contribution < 1.29 is 24.0 Å². The lowest BCUT2D eigenvalue weighted by Crippen LogP contribution is -2.73. The lowest BCUT2D eigenvalue weighted by molar-refractivity contribution is -0.136. The van der Waals surface area contributed by atoms with E-state index in [1.54, 1.807) is 25.4 Å². The normalized spacial score (nSPS) is 24.3. The number of carbonyl (C=O) groups is 5. The number of likely N-dealkylation sites (N-methyl/N-ethyl adjacent to an activating group) is 1. The fraction of sp³-hybridized carbons (Fsp3) is 0.417. The van der Waals surface area contributed by atoms with Crippen molar-refractivity contribution in [2.45, 2.75) is 37.3 Å². The van der Waals surface area contributed by atoms with Gasteiger partial charge in [0.25, 0.3) is 23.3 Å². The fourth-order valence-corrected chi connectivity index (χ4v) is 8.85. The van der Waals surface area contributed by atoms with Gasteiger partial charge >= 0.3 is 0 Å². The third-order valence-corrected chi connectivity index (χ3v) is 11.6. The summed E-state index contributed by atoms with van der Waals surface area (Å²) in [7, 11) is 3.69. The molecule has 1 spiro atoms. The lowest BCUT2D eigenvalue weighted by atomic mass is 9.72. The molecular weight excluding hydrogens is 720 g/mol. The fourth-order valence-electron chi connectivity index (χ4n) is 8.38. The van der Waals surface area contributed by atoms with Crippen molar-refractivity contribution in [3.8, 4) is 0 Å². The van der Waals surface area contributed by atoms with Crippen molar-refractivity contribution >= 4 is 56.8 Å². The van der Waals surface area contributed by atoms with Crippen LogP contribution in [-0.4, -0.2) is 112 Å². The molecule has 3 atom stereocenters. The van der Waals surface area contributed by atoms with Crippen LogP contribution < -0.4 is 21.1 Å². The highest BCUT2D eigenvalue weighted by molar-refractivity contribution is 9.10. The zero-order valence-corrected chi connectivity index (χ0v) is 29.8. The maximum atomic E-state index is 13.5. The summed E-state index contributed by atoms with van der Waals surface area (Å²) in [5, 5.41) is 9.87. The highest BCUT2D eigenvalue weighted by Gasteiger charge is 2.55. The number of fused-ring (bicyclic) bond motifs is 1. The van der Waals surface area contributed by atoms with Crippen molar-refractivity contribution in [3.05, 3.63) is 85.7 Å². The second-order valence-electron chi connectivity index (χ2n) is 14.6. The van der Waals surface area contributed by atoms with Crippen molar-refractivity contribution in [1.82, 2.24) is 29.8 Å². The number of piperidine rings is 2. The Morgan fingerprint density at radius 1 is 0.961 bits per heavy atom. The van der Waals surface area contributed by atoms with E-state index in [2.05, 4.69) is 48.5 Å². The number of rotatable bonds is 6. The van der Waals surface area contributed by atoms with Crippen LogP contribution in [-0.2, 0) is 16.6 Å². The zero-order valence-electron chi connectivity index (χ0n) is 28.2. The number of benzene rings is 2. The van der Waals surface area contributed by atoms with E-state index in [0.717, 1.165) is 30.0 Å². The van der Waals surface area contributed by atoms with E-state index in [1.807, 2.05) is 35.2 Å². The first-order valence-corrected chi connectivity index (χ1v) is 17.9. The smallest absolute Gasteiger partial charge is 0.282 e. The molecule has 15 heteroatoms. The van der Waals surface area contributed by atoms with E-state index in [-0.39, 0.29) is 52.8 Å². The van der Waals surface area contributed by atoms with Gasteiger partial charge in [0, 0.05) is 69.8 Å². The molecule has 8 rings (SSSR count). The number of halogens is 1. The largest absolute Gasteiger partial charge is 0.379 e. The summed E-state index contributed by atoms with van der Waals surface area (Å²) < 4.78 is 1.75. The van der Waals surface area contributed by atoms with Gasteiger partial charge in [0.05, 0.1) is 28.7 Å². The molecule has 2 aromatic carbocycles. The van der Waals surface area contributed by atoms with E-state index < -0.39 is 29.7 Å². The molecule has 5 aliphatic rings. The molecule has 6 heterocycles. The second kappa shape index (κ2) is 12.4. The summed E-state index contributed by atoms with van der Waals surface area (Å²) in [6.45, 7) is 4.18. The molecule has 14 nitrogen and oxygen atoms in total. The Morgan fingerprint density at radius 2 is 1.71 bits per heavy atom. The molecule has 5 amide bonds. The van der Waals surface area contributed by atoms with Crippen molar-refractivity contribution in [2.75, 3.05) is 56.5 Å². The van der Waals surface area contributed by atoms with Crippen LogP contribution in [0.5, 0.6) is 0 Å². The minimum Gasteiger partial charge on any atom is -0.379 e. The Kier molecular flexibility index (Phi) is 8.09. The Balaban J connectivity index is 0.879. The molecule has 0 radical (unpaired) electrons. The van der Waals surface area contributed by atoms with Crippen LogP contribution in [0, 0.1) is 5.41 Å². The number of carbonyl (C=O) groups excluding carboxylic acids is 5. The van der Waals surface area contributed by atoms with Crippen LogP contribution in [0.2, 0.25) is 0 Å². The summed E-state index contributed by atoms with van der Waals surface area (Å²) in [5.41, 5.74) is 3.38. The van der Waals surface area contributed by atoms with Crippen LogP contribution >= 0.6 is 15.9 Å². The van der Waals surface area contributed by atoms with Gasteiger partial charge in [0.2, 0.25) is 11.8 Å². The quantitative estimate of drug-likeness (QED) is 0.356. The van der Waals surface area contributed by atoms with Gasteiger partial charge in [-0.3, -0.25) is 39.0 Å². The molecule has 0 bridgehead atoms. The number of amides is 5. The Labute approximate surface area is 301 Å². The third-order valence-electron chi connectivity index (χ3n) is 10.9. The number of imide groups is 2. The van der Waals surface area contributed by atoms with Crippen LogP contribution in [0.25, 0.3) is 0 Å². The topological polar surface area (TPSA) is 157 Å². The van der Waals surface area contributed by atoms with Crippen molar-refractivity contribution in [1.29, 1.82) is 0 Å². The van der Waals surface area contributed by atoms with Crippen LogP contribution in [0.4, 0.5) is 11.4 Å². The second-order valence-corrected chi connectivity index (χ2v) is 15.4. The summed E-state index contributed by atoms with van der Waals surface area (Å²) in [6.07, 6.45) is 2.70. The first kappa shape index (κ1) is 33.3. The Morgan fingerprint density at radius 3 is 2.43 bits per heavy atom. The molecule has 5 aliphatic heterocycles. The number of hydrogen-bond acceptors (Lipinski definition) is 10. The maximum Gasteiger partial charge on any atom is 0.282 e. The molecule has 3 unspecified atom stereocenters. The standard InChI is InChI=1S/C36H37BrN8O6/c1-41-14-22(12-23(15-41)39-25-13-38-42(2)35(51)30(25)37)20-6-8-21(9-7-20)32(48)44-18-36(19-44)16-43(17-36)26-5-3-4-24-29(26)34(50)45(33(24)49)27-10-11-28(46)40-31(27)47/h3-9,13,22-23,27,39H,10-12,14-19H2,1-2H3,(H,40,46,47). The number of likely N-dealkylation sites (tertiary alicyclic amines) is 2. The number of hydrogen-bond donors (Lipinski definition) is 2. The van der Waals surface area contributed by atoms with E-state index in [4.69, 9.17) is 0 Å². The summed E-state index contributed by atoms with van der Waals surface area (Å²) >= 11 is 3.41. The van der Waals surface area contributed by atoms with E-state index in [0.29, 0.717) is 47.6 Å².